The van der Waals surface area contributed by atoms with E-state index in [1.165, 1.54) is 90.0 Å². The van der Waals surface area contributed by atoms with E-state index in [1.807, 2.05) is 24.5 Å². The van der Waals surface area contributed by atoms with Crippen LogP contribution in [0.5, 0.6) is 0 Å². The average Bonchev–Trinajstić information content (AvgIpc) is 3.66. The van der Waals surface area contributed by atoms with Crippen molar-refractivity contribution in [1.82, 2.24) is 14.5 Å². The Balaban J connectivity index is 0.000000187. The van der Waals surface area contributed by atoms with Gasteiger partial charge in [-0.25, -0.2) is 0 Å². The van der Waals surface area contributed by atoms with Crippen LogP contribution in [-0.2, 0) is 13.0 Å². The molecule has 1 N–H and O–H groups in total. The van der Waals surface area contributed by atoms with Gasteiger partial charge >= 0.3 is 0 Å². The molecule has 3 heteroatoms. The lowest BCUT2D eigenvalue weighted by Crippen LogP contribution is -2.11. The van der Waals surface area contributed by atoms with Crippen LogP contribution in [0, 0.1) is 0 Å². The van der Waals surface area contributed by atoms with E-state index in [4.69, 9.17) is 0 Å². The van der Waals surface area contributed by atoms with Crippen molar-refractivity contribution in [3.63, 3.8) is 0 Å². The van der Waals surface area contributed by atoms with E-state index in [0.717, 1.165) is 12.1 Å². The highest BCUT2D eigenvalue weighted by Gasteiger charge is 2.24. The van der Waals surface area contributed by atoms with E-state index in [9.17, 15) is 0 Å². The van der Waals surface area contributed by atoms with Crippen LogP contribution >= 0.6 is 0 Å². The first kappa shape index (κ1) is 26.9. The van der Waals surface area contributed by atoms with Gasteiger partial charge in [0.1, 0.15) is 0 Å². The summed E-state index contributed by atoms with van der Waals surface area (Å²) in [5.41, 5.74) is 9.52. The highest BCUT2D eigenvalue weighted by molar-refractivity contribution is 6.10. The Bertz CT molecular complexity index is 2520. The van der Waals surface area contributed by atoms with Crippen molar-refractivity contribution in [2.24, 2.45) is 0 Å². The lowest BCUT2D eigenvalue weighted by atomic mass is 9.76. The molecule has 0 amide bonds. The highest BCUT2D eigenvalue weighted by Crippen LogP contribution is 2.42. The van der Waals surface area contributed by atoms with Crippen molar-refractivity contribution in [2.75, 3.05) is 0 Å². The normalized spacial score (nSPS) is 14.7. The van der Waals surface area contributed by atoms with Gasteiger partial charge in [-0.2, -0.15) is 0 Å². The summed E-state index contributed by atoms with van der Waals surface area (Å²) in [7, 11) is 0. The summed E-state index contributed by atoms with van der Waals surface area (Å²) in [5, 5.41) is 10.8. The van der Waals surface area contributed by atoms with Crippen LogP contribution in [0.3, 0.4) is 0 Å². The molecule has 0 aliphatic heterocycles. The van der Waals surface area contributed by atoms with Gasteiger partial charge in [0.2, 0.25) is 0 Å². The first-order chi connectivity index (χ1) is 22.8. The first-order valence-electron chi connectivity index (χ1n) is 16.5. The fourth-order valence-electron chi connectivity index (χ4n) is 8.09. The third kappa shape index (κ3) is 4.23. The van der Waals surface area contributed by atoms with Gasteiger partial charge in [0.05, 0.1) is 11.7 Å². The monoisotopic (exact) mass is 593 g/mol. The molecule has 222 valence electrons. The Hall–Kier alpha value is -5.41. The number of hydrogen-bond acceptors (Lipinski definition) is 1. The molecule has 3 aromatic heterocycles. The lowest BCUT2D eigenvalue weighted by molar-refractivity contribution is 0.620. The summed E-state index contributed by atoms with van der Waals surface area (Å²) < 4.78 is 2.45. The summed E-state index contributed by atoms with van der Waals surface area (Å²) >= 11 is 0. The van der Waals surface area contributed by atoms with Crippen LogP contribution < -0.4 is 0 Å². The van der Waals surface area contributed by atoms with Gasteiger partial charge in [0, 0.05) is 56.8 Å². The molecule has 3 heterocycles. The van der Waals surface area contributed by atoms with Gasteiger partial charge < -0.3 is 9.55 Å². The van der Waals surface area contributed by atoms with E-state index < -0.39 is 0 Å². The average molecular weight is 594 g/mol. The largest absolute Gasteiger partial charge is 0.353 e. The minimum Gasteiger partial charge on any atom is -0.353 e. The maximum Gasteiger partial charge on any atom is 0.0651 e. The van der Waals surface area contributed by atoms with E-state index in [-0.39, 0.29) is 0 Å². The molecule has 0 saturated heterocycles. The SMILES string of the molecule is CCn1c2ccccc2c2cc(C3CCCc4c3ccc3c4ccc4ccccc43)ccc21.c1ccc2c(c1)[nH]c1cnccc12. The number of pyridine rings is 1. The van der Waals surface area contributed by atoms with Crippen molar-refractivity contribution in [1.29, 1.82) is 0 Å². The zero-order valence-corrected chi connectivity index (χ0v) is 26.0. The van der Waals surface area contributed by atoms with Gasteiger partial charge in [0.15, 0.2) is 0 Å². The van der Waals surface area contributed by atoms with Crippen LogP contribution in [0.2, 0.25) is 0 Å². The maximum absolute atomic E-state index is 4.08. The Morgan fingerprint density at radius 3 is 2.33 bits per heavy atom. The number of benzene rings is 6. The molecule has 1 atom stereocenters. The zero-order valence-electron chi connectivity index (χ0n) is 26.0. The number of aromatic amines is 1. The van der Waals surface area contributed by atoms with E-state index in [2.05, 4.69) is 131 Å². The van der Waals surface area contributed by atoms with Crippen molar-refractivity contribution < 1.29 is 0 Å². The lowest BCUT2D eigenvalue weighted by Gasteiger charge is -2.27. The minimum absolute atomic E-state index is 0.470. The fraction of sp³-hybridized carbons (Fsp3) is 0.140. The third-order valence-electron chi connectivity index (χ3n) is 10.2. The third-order valence-corrected chi connectivity index (χ3v) is 10.2. The van der Waals surface area contributed by atoms with Crippen LogP contribution in [-0.4, -0.2) is 14.5 Å². The van der Waals surface area contributed by atoms with Crippen LogP contribution in [0.25, 0.3) is 65.2 Å². The number of aryl methyl sites for hydroxylation is 2. The van der Waals surface area contributed by atoms with Gasteiger partial charge in [0.25, 0.3) is 0 Å². The number of nitrogens with zero attached hydrogens (tertiary/aromatic N) is 2. The van der Waals surface area contributed by atoms with E-state index in [0.29, 0.717) is 5.92 Å². The fourth-order valence-corrected chi connectivity index (χ4v) is 8.09. The quantitative estimate of drug-likeness (QED) is 0.199. The summed E-state index contributed by atoms with van der Waals surface area (Å²) in [6.45, 7) is 3.24. The molecule has 9 aromatic rings. The topological polar surface area (TPSA) is 33.6 Å². The predicted molar refractivity (Wildman–Crippen MR) is 195 cm³/mol. The van der Waals surface area contributed by atoms with Crippen molar-refractivity contribution in [3.8, 4) is 0 Å². The Morgan fingerprint density at radius 1 is 0.652 bits per heavy atom. The number of H-pyrrole nitrogens is 1. The Labute approximate surface area is 268 Å². The molecule has 1 aliphatic carbocycles. The molecule has 1 aliphatic rings. The van der Waals surface area contributed by atoms with Gasteiger partial charge in [-0.3, -0.25) is 4.98 Å². The Morgan fingerprint density at radius 2 is 1.41 bits per heavy atom. The van der Waals surface area contributed by atoms with Crippen LogP contribution in [0.1, 0.15) is 42.4 Å². The molecule has 1 unspecified atom stereocenters. The second-order valence-corrected chi connectivity index (χ2v) is 12.6. The summed E-state index contributed by atoms with van der Waals surface area (Å²) in [4.78, 5) is 7.39. The van der Waals surface area contributed by atoms with E-state index >= 15 is 0 Å². The molecule has 46 heavy (non-hydrogen) atoms. The molecule has 0 spiro atoms. The highest BCUT2D eigenvalue weighted by atomic mass is 15.0. The van der Waals surface area contributed by atoms with Crippen LogP contribution in [0.15, 0.2) is 134 Å². The molecular formula is C43H35N3. The number of hydrogen-bond donors (Lipinski definition) is 1. The first-order valence-corrected chi connectivity index (χ1v) is 16.5. The second kappa shape index (κ2) is 10.9. The molecule has 0 bridgehead atoms. The summed E-state index contributed by atoms with van der Waals surface area (Å²) in [5.74, 6) is 0.470. The molecule has 0 saturated carbocycles. The number of rotatable bonds is 2. The van der Waals surface area contributed by atoms with Crippen molar-refractivity contribution in [2.45, 2.75) is 38.6 Å². The van der Waals surface area contributed by atoms with Gasteiger partial charge in [-0.1, -0.05) is 91.0 Å². The molecule has 0 fully saturated rings. The van der Waals surface area contributed by atoms with Crippen molar-refractivity contribution >= 4 is 65.2 Å². The smallest absolute Gasteiger partial charge is 0.0651 e. The molecular weight excluding hydrogens is 558 g/mol. The molecule has 0 radical (unpaired) electrons. The minimum atomic E-state index is 0.470. The standard InChI is InChI=1S/C32H27N.C11H8N2/c1-2-33-31-13-6-5-10-29(31)30-20-22(15-19-32(30)33)24-11-7-12-25-27(24)18-17-26-23-9-4-3-8-21(23)14-16-28(25)26;1-2-4-10-8(3-1)9-5-6-12-7-11(9)13-10/h3-6,8-10,13-20,24H,2,7,11-12H2,1H3;1-7,13H. The summed E-state index contributed by atoms with van der Waals surface area (Å²) in [6, 6.07) is 44.6. The number of para-hydroxylation sites is 2. The molecule has 3 nitrogen and oxygen atoms in total. The zero-order chi connectivity index (χ0) is 30.6. The number of nitrogens with one attached hydrogen (secondary N) is 1. The summed E-state index contributed by atoms with van der Waals surface area (Å²) in [6.07, 6.45) is 7.33. The second-order valence-electron chi connectivity index (χ2n) is 12.6. The van der Waals surface area contributed by atoms with E-state index in [1.54, 1.807) is 5.56 Å². The number of aromatic nitrogens is 3. The van der Waals surface area contributed by atoms with Crippen LogP contribution in [0.4, 0.5) is 0 Å². The Kier molecular flexibility index (Phi) is 6.38. The van der Waals surface area contributed by atoms with Crippen molar-refractivity contribution in [3.05, 3.63) is 150 Å². The maximum atomic E-state index is 4.08. The number of fused-ring (bicyclic) bond motifs is 11. The molecule has 6 aromatic carbocycles. The molecule has 10 rings (SSSR count). The van der Waals surface area contributed by atoms with Gasteiger partial charge in [-0.15, -0.1) is 0 Å². The van der Waals surface area contributed by atoms with Gasteiger partial charge in [-0.05, 0) is 94.8 Å². The predicted octanol–water partition coefficient (Wildman–Crippen LogP) is 11.3.